The number of hydrogen-bond donors (Lipinski definition) is 3. The molecule has 0 rings (SSSR count). The second-order valence-corrected chi connectivity index (χ2v) is 30.0. The topological polar surface area (TPSA) is 237 Å². The molecule has 5 atom stereocenters. The van der Waals surface area contributed by atoms with Crippen LogP contribution in [0.1, 0.15) is 387 Å². The van der Waals surface area contributed by atoms with Gasteiger partial charge in [-0.05, 0) is 51.4 Å². The number of phosphoric acid groups is 2. The molecule has 2 unspecified atom stereocenters. The third kappa shape index (κ3) is 70.0. The number of aliphatic hydroxyl groups excluding tert-OH is 1. The molecule has 0 radical (unpaired) electrons. The molecular formula is C77H146O17P2. The molecule has 0 fully saturated rings. The van der Waals surface area contributed by atoms with Gasteiger partial charge in [0.25, 0.3) is 0 Å². The molecule has 3 N–H and O–H groups in total. The first kappa shape index (κ1) is 93.5. The standard InChI is InChI=1S/C77H146O17P2/c1-5-9-13-17-21-25-29-32-35-38-42-46-50-54-58-62-75(80)88-68-73(94-77(82)64-60-56-52-48-44-40-37-34-31-27-23-19-15-11-7-3)70-92-96(85,86)90-66-71(78)65-89-95(83,84)91-69-72(67-87-74(79)61-57-53-49-45-41-28-24-20-16-12-8-4)93-76(81)63-59-55-51-47-43-39-36-33-30-26-22-18-14-10-6-2/h27,31,34,37,71-73,78H,5-26,28-30,32-33,35-36,38-70H2,1-4H3,(H,83,84)(H,85,86)/b31-27-,37-34-/t71-,72+,73+/m0/s1. The Balaban J connectivity index is 5.29. The third-order valence-electron chi connectivity index (χ3n) is 17.5. The van der Waals surface area contributed by atoms with Crippen molar-refractivity contribution in [2.24, 2.45) is 0 Å². The molecule has 17 nitrogen and oxygen atoms in total. The van der Waals surface area contributed by atoms with Crippen molar-refractivity contribution in [3.05, 3.63) is 24.3 Å². The Morgan fingerprint density at radius 1 is 0.292 bits per heavy atom. The summed E-state index contributed by atoms with van der Waals surface area (Å²) in [6, 6.07) is 0. The van der Waals surface area contributed by atoms with E-state index in [9.17, 15) is 43.2 Å². The highest BCUT2D eigenvalue weighted by Gasteiger charge is 2.30. The first-order valence-corrected chi connectivity index (χ1v) is 42.6. The first-order chi connectivity index (χ1) is 46.7. The van der Waals surface area contributed by atoms with Crippen molar-refractivity contribution in [3.8, 4) is 0 Å². The van der Waals surface area contributed by atoms with Crippen molar-refractivity contribution in [1.29, 1.82) is 0 Å². The summed E-state index contributed by atoms with van der Waals surface area (Å²) < 4.78 is 68.5. The molecular weight excluding hydrogens is 1260 g/mol. The smallest absolute Gasteiger partial charge is 0.462 e. The molecule has 0 aromatic carbocycles. The Morgan fingerprint density at radius 2 is 0.500 bits per heavy atom. The van der Waals surface area contributed by atoms with Crippen LogP contribution in [0.3, 0.4) is 0 Å². The monoisotopic (exact) mass is 1410 g/mol. The minimum absolute atomic E-state index is 0.0861. The zero-order chi connectivity index (χ0) is 70.4. The molecule has 0 aliphatic rings. The maximum Gasteiger partial charge on any atom is 0.472 e. The lowest BCUT2D eigenvalue weighted by Gasteiger charge is -2.21. The zero-order valence-corrected chi connectivity index (χ0v) is 63.6. The maximum atomic E-state index is 13.1. The normalized spacial score (nSPS) is 14.0. The summed E-state index contributed by atoms with van der Waals surface area (Å²) >= 11 is 0. The number of unbranched alkanes of at least 4 members (excludes halogenated alkanes) is 47. The van der Waals surface area contributed by atoms with Crippen LogP contribution in [0.2, 0.25) is 0 Å². The van der Waals surface area contributed by atoms with E-state index in [-0.39, 0.29) is 25.7 Å². The first-order valence-electron chi connectivity index (χ1n) is 39.6. The Morgan fingerprint density at radius 3 is 0.760 bits per heavy atom. The van der Waals surface area contributed by atoms with E-state index < -0.39 is 97.5 Å². The van der Waals surface area contributed by atoms with Crippen molar-refractivity contribution in [3.63, 3.8) is 0 Å². The van der Waals surface area contributed by atoms with Crippen LogP contribution in [0.25, 0.3) is 0 Å². The van der Waals surface area contributed by atoms with Gasteiger partial charge in [0.05, 0.1) is 26.4 Å². The molecule has 0 saturated carbocycles. The van der Waals surface area contributed by atoms with Gasteiger partial charge in [-0.1, -0.05) is 335 Å². The highest BCUT2D eigenvalue weighted by atomic mass is 31.2. The maximum absolute atomic E-state index is 13.1. The fraction of sp³-hybridized carbons (Fsp3) is 0.896. The summed E-state index contributed by atoms with van der Waals surface area (Å²) in [5.41, 5.74) is 0. The fourth-order valence-corrected chi connectivity index (χ4v) is 13.0. The van der Waals surface area contributed by atoms with E-state index in [4.69, 9.17) is 37.0 Å². The lowest BCUT2D eigenvalue weighted by Crippen LogP contribution is -2.30. The van der Waals surface area contributed by atoms with Crippen LogP contribution in [0.4, 0.5) is 0 Å². The quantitative estimate of drug-likeness (QED) is 0.0169. The van der Waals surface area contributed by atoms with Gasteiger partial charge in [0, 0.05) is 25.7 Å². The third-order valence-corrected chi connectivity index (χ3v) is 19.4. The number of hydrogen-bond acceptors (Lipinski definition) is 15. The minimum Gasteiger partial charge on any atom is -0.462 e. The molecule has 0 heterocycles. The molecule has 0 aromatic heterocycles. The van der Waals surface area contributed by atoms with Gasteiger partial charge < -0.3 is 33.8 Å². The van der Waals surface area contributed by atoms with Gasteiger partial charge in [-0.3, -0.25) is 37.3 Å². The molecule has 96 heavy (non-hydrogen) atoms. The van der Waals surface area contributed by atoms with Gasteiger partial charge in [0.2, 0.25) is 0 Å². The lowest BCUT2D eigenvalue weighted by atomic mass is 10.0. The number of rotatable bonds is 76. The minimum atomic E-state index is -4.96. The Bertz CT molecular complexity index is 1920. The zero-order valence-electron chi connectivity index (χ0n) is 61.8. The molecule has 0 aromatic rings. The molecule has 19 heteroatoms. The molecule has 0 bridgehead atoms. The second kappa shape index (κ2) is 71.0. The predicted molar refractivity (Wildman–Crippen MR) is 391 cm³/mol. The molecule has 0 aliphatic heterocycles. The highest BCUT2D eigenvalue weighted by Crippen LogP contribution is 2.45. The Labute approximate surface area is 586 Å². The van der Waals surface area contributed by atoms with Crippen LogP contribution in [-0.4, -0.2) is 96.7 Å². The van der Waals surface area contributed by atoms with Crippen LogP contribution < -0.4 is 0 Å². The van der Waals surface area contributed by atoms with Crippen LogP contribution in [0.5, 0.6) is 0 Å². The SMILES string of the molecule is CCCCCC/C=C\C=C/CCCCCCCC(=O)O[C@H](COC(=O)CCCCCCCCCCCCCCCCC)COP(=O)(O)OC[C@@H](O)COP(=O)(O)OC[C@@H](COC(=O)CCCCCCCCCCCCC)OC(=O)CCCCCCCCCCCCCCCCC. The van der Waals surface area contributed by atoms with Crippen molar-refractivity contribution in [2.75, 3.05) is 39.6 Å². The molecule has 0 aliphatic carbocycles. The molecule has 0 amide bonds. The van der Waals surface area contributed by atoms with Gasteiger partial charge in [0.1, 0.15) is 19.3 Å². The number of phosphoric ester groups is 2. The second-order valence-electron chi connectivity index (χ2n) is 27.1. The highest BCUT2D eigenvalue weighted by molar-refractivity contribution is 7.47. The molecule has 566 valence electrons. The van der Waals surface area contributed by atoms with Crippen molar-refractivity contribution in [2.45, 2.75) is 406 Å². The summed E-state index contributed by atoms with van der Waals surface area (Å²) in [5, 5.41) is 10.6. The van der Waals surface area contributed by atoms with Crippen LogP contribution >= 0.6 is 15.6 Å². The van der Waals surface area contributed by atoms with Crippen LogP contribution in [-0.2, 0) is 65.4 Å². The number of allylic oxidation sites excluding steroid dienone is 4. The van der Waals surface area contributed by atoms with E-state index in [2.05, 4.69) is 52.0 Å². The van der Waals surface area contributed by atoms with Gasteiger partial charge in [0.15, 0.2) is 12.2 Å². The summed E-state index contributed by atoms with van der Waals surface area (Å²) in [6.45, 7) is 4.94. The molecule has 0 spiro atoms. The van der Waals surface area contributed by atoms with Gasteiger partial charge >= 0.3 is 39.5 Å². The summed E-state index contributed by atoms with van der Waals surface area (Å²) in [5.74, 6) is -2.14. The number of esters is 4. The predicted octanol–water partition coefficient (Wildman–Crippen LogP) is 22.6. The van der Waals surface area contributed by atoms with E-state index in [1.165, 1.54) is 205 Å². The largest absolute Gasteiger partial charge is 0.472 e. The van der Waals surface area contributed by atoms with Crippen molar-refractivity contribution < 1.29 is 80.2 Å². The van der Waals surface area contributed by atoms with E-state index in [0.29, 0.717) is 25.7 Å². The van der Waals surface area contributed by atoms with Crippen LogP contribution in [0, 0.1) is 0 Å². The van der Waals surface area contributed by atoms with Crippen molar-refractivity contribution >= 4 is 39.5 Å². The number of carbonyl (C=O) groups excluding carboxylic acids is 4. The summed E-state index contributed by atoms with van der Waals surface area (Å²) in [4.78, 5) is 72.8. The van der Waals surface area contributed by atoms with E-state index in [1.54, 1.807) is 0 Å². The van der Waals surface area contributed by atoms with Crippen LogP contribution in [0.15, 0.2) is 24.3 Å². The van der Waals surface area contributed by atoms with E-state index in [0.717, 1.165) is 103 Å². The number of carbonyl (C=O) groups is 4. The fourth-order valence-electron chi connectivity index (χ4n) is 11.4. The lowest BCUT2D eigenvalue weighted by molar-refractivity contribution is -0.161. The van der Waals surface area contributed by atoms with E-state index >= 15 is 0 Å². The number of ether oxygens (including phenoxy) is 4. The summed E-state index contributed by atoms with van der Waals surface area (Å²) in [6.07, 6.45) is 64.4. The Kier molecular flexibility index (Phi) is 69.1. The van der Waals surface area contributed by atoms with Gasteiger partial charge in [-0.2, -0.15) is 0 Å². The average molecular weight is 1410 g/mol. The summed E-state index contributed by atoms with van der Waals surface area (Å²) in [7, 11) is -9.92. The Hall–Kier alpha value is -2.46. The van der Waals surface area contributed by atoms with Gasteiger partial charge in [-0.25, -0.2) is 9.13 Å². The van der Waals surface area contributed by atoms with Crippen molar-refractivity contribution in [1.82, 2.24) is 0 Å². The number of aliphatic hydroxyl groups is 1. The molecule has 0 saturated heterocycles. The van der Waals surface area contributed by atoms with Gasteiger partial charge in [-0.15, -0.1) is 0 Å². The average Bonchev–Trinajstić information content (AvgIpc) is 2.56. The van der Waals surface area contributed by atoms with E-state index in [1.807, 2.05) is 0 Å².